The summed E-state index contributed by atoms with van der Waals surface area (Å²) in [6.45, 7) is -0.606. The lowest BCUT2D eigenvalue weighted by Gasteiger charge is -2.11. The Morgan fingerprint density at radius 1 is 1.20 bits per heavy atom. The number of hydrogen-bond donors (Lipinski definition) is 0. The van der Waals surface area contributed by atoms with E-state index in [2.05, 4.69) is 47.8 Å². The Hall–Kier alpha value is 0.320. The third kappa shape index (κ3) is 4.00. The van der Waals surface area contributed by atoms with E-state index in [0.717, 1.165) is 5.56 Å². The zero-order valence-electron chi connectivity index (χ0n) is 7.44. The number of rotatable bonds is 4. The van der Waals surface area contributed by atoms with Gasteiger partial charge in [-0.15, -0.1) is 0 Å². The molecule has 0 atom stereocenters. The molecule has 0 aliphatic carbocycles. The van der Waals surface area contributed by atoms with Gasteiger partial charge in [0.15, 0.2) is 0 Å². The van der Waals surface area contributed by atoms with Crippen LogP contribution >= 0.6 is 47.8 Å². The number of alkyl halides is 3. The standard InChI is InChI=1S/C9H7Br3F2O/c10-3-5-1-6(11)9(7(12)2-5)15-4-8(13)14/h1-2,8H,3-4H2. The average Bonchev–Trinajstić information content (AvgIpc) is 2.15. The highest BCUT2D eigenvalue weighted by atomic mass is 79.9. The van der Waals surface area contributed by atoms with E-state index in [9.17, 15) is 8.78 Å². The van der Waals surface area contributed by atoms with Crippen molar-refractivity contribution in [2.75, 3.05) is 6.61 Å². The molecular formula is C9H7Br3F2O. The summed E-state index contributed by atoms with van der Waals surface area (Å²) in [5, 5.41) is 0.694. The van der Waals surface area contributed by atoms with E-state index in [1.54, 1.807) is 0 Å². The summed E-state index contributed by atoms with van der Waals surface area (Å²) in [6.07, 6.45) is -2.47. The van der Waals surface area contributed by atoms with Gasteiger partial charge in [0.2, 0.25) is 0 Å². The van der Waals surface area contributed by atoms with Crippen molar-refractivity contribution in [3.8, 4) is 5.75 Å². The maximum Gasteiger partial charge on any atom is 0.272 e. The van der Waals surface area contributed by atoms with Crippen molar-refractivity contribution in [3.05, 3.63) is 26.6 Å². The maximum atomic E-state index is 12.0. The fraction of sp³-hybridized carbons (Fsp3) is 0.333. The molecule has 0 aliphatic heterocycles. The van der Waals surface area contributed by atoms with Gasteiger partial charge in [-0.3, -0.25) is 0 Å². The maximum absolute atomic E-state index is 12.0. The molecule has 0 amide bonds. The van der Waals surface area contributed by atoms with Gasteiger partial charge in [-0.1, -0.05) is 15.9 Å². The SMILES string of the molecule is FC(F)COc1c(Br)cc(CBr)cc1Br. The van der Waals surface area contributed by atoms with E-state index in [0.29, 0.717) is 20.0 Å². The molecule has 1 nitrogen and oxygen atoms in total. The Balaban J connectivity index is 2.88. The summed E-state index contributed by atoms with van der Waals surface area (Å²) >= 11 is 9.85. The minimum absolute atomic E-state index is 0.403. The molecule has 0 saturated heterocycles. The van der Waals surface area contributed by atoms with Crippen molar-refractivity contribution >= 4 is 47.8 Å². The minimum Gasteiger partial charge on any atom is -0.485 e. The highest BCUT2D eigenvalue weighted by Crippen LogP contribution is 2.35. The average molecular weight is 409 g/mol. The van der Waals surface area contributed by atoms with Crippen molar-refractivity contribution in [3.63, 3.8) is 0 Å². The Bertz CT molecular complexity index is 321. The first-order valence-corrected chi connectivity index (χ1v) is 6.70. The number of benzene rings is 1. The monoisotopic (exact) mass is 406 g/mol. The van der Waals surface area contributed by atoms with E-state index in [1.807, 2.05) is 12.1 Å². The van der Waals surface area contributed by atoms with Crippen LogP contribution in [0.3, 0.4) is 0 Å². The summed E-state index contributed by atoms with van der Waals surface area (Å²) in [5.74, 6) is 0.403. The zero-order valence-corrected chi connectivity index (χ0v) is 12.2. The molecule has 0 radical (unpaired) electrons. The molecule has 0 aliphatic rings. The van der Waals surface area contributed by atoms with Crippen LogP contribution in [0.15, 0.2) is 21.1 Å². The molecule has 0 fully saturated rings. The summed E-state index contributed by atoms with van der Waals surface area (Å²) in [6, 6.07) is 3.64. The van der Waals surface area contributed by atoms with Gasteiger partial charge in [0.1, 0.15) is 12.4 Å². The molecule has 0 bridgehead atoms. The van der Waals surface area contributed by atoms with Gasteiger partial charge < -0.3 is 4.74 Å². The molecular weight excluding hydrogens is 402 g/mol. The summed E-state index contributed by atoms with van der Waals surface area (Å²) in [7, 11) is 0. The molecule has 1 aromatic rings. The van der Waals surface area contributed by atoms with Crippen LogP contribution in [0.25, 0.3) is 0 Å². The van der Waals surface area contributed by atoms with Gasteiger partial charge in [-0.2, -0.15) is 0 Å². The second-order valence-electron chi connectivity index (χ2n) is 2.72. The number of halogens is 5. The van der Waals surface area contributed by atoms with Crippen molar-refractivity contribution in [2.45, 2.75) is 11.8 Å². The van der Waals surface area contributed by atoms with Crippen LogP contribution in [0.1, 0.15) is 5.56 Å². The van der Waals surface area contributed by atoms with Crippen molar-refractivity contribution in [2.24, 2.45) is 0 Å². The van der Waals surface area contributed by atoms with E-state index in [-0.39, 0.29) is 0 Å². The van der Waals surface area contributed by atoms with Gasteiger partial charge in [0.05, 0.1) is 8.95 Å². The largest absolute Gasteiger partial charge is 0.485 e. The molecule has 15 heavy (non-hydrogen) atoms. The molecule has 0 aromatic heterocycles. The topological polar surface area (TPSA) is 9.23 Å². The Morgan fingerprint density at radius 3 is 2.13 bits per heavy atom. The van der Waals surface area contributed by atoms with Crippen LogP contribution in [-0.4, -0.2) is 13.0 Å². The molecule has 6 heteroatoms. The van der Waals surface area contributed by atoms with E-state index in [4.69, 9.17) is 4.74 Å². The third-order valence-electron chi connectivity index (χ3n) is 1.57. The van der Waals surface area contributed by atoms with Crippen LogP contribution < -0.4 is 4.74 Å². The molecule has 0 spiro atoms. The van der Waals surface area contributed by atoms with Crippen LogP contribution in [0.4, 0.5) is 8.78 Å². The highest BCUT2D eigenvalue weighted by Gasteiger charge is 2.11. The number of ether oxygens (including phenoxy) is 1. The normalized spacial score (nSPS) is 10.8. The fourth-order valence-corrected chi connectivity index (χ4v) is 2.81. The van der Waals surface area contributed by atoms with E-state index >= 15 is 0 Å². The minimum atomic E-state index is -2.47. The van der Waals surface area contributed by atoms with Crippen LogP contribution in [0.5, 0.6) is 5.75 Å². The molecule has 0 N–H and O–H groups in total. The third-order valence-corrected chi connectivity index (χ3v) is 3.39. The summed E-state index contributed by atoms with van der Waals surface area (Å²) < 4.78 is 30.2. The lowest BCUT2D eigenvalue weighted by atomic mass is 10.2. The molecule has 1 aromatic carbocycles. The molecule has 84 valence electrons. The number of hydrogen-bond acceptors (Lipinski definition) is 1. The summed E-state index contributed by atoms with van der Waals surface area (Å²) in [4.78, 5) is 0. The van der Waals surface area contributed by atoms with E-state index in [1.165, 1.54) is 0 Å². The van der Waals surface area contributed by atoms with Gasteiger partial charge in [0, 0.05) is 5.33 Å². The lowest BCUT2D eigenvalue weighted by molar-refractivity contribution is 0.0811. The summed E-state index contributed by atoms with van der Waals surface area (Å²) in [5.41, 5.74) is 1.03. The van der Waals surface area contributed by atoms with E-state index < -0.39 is 13.0 Å². The first kappa shape index (κ1) is 13.4. The Kier molecular flexibility index (Phi) is 5.49. The molecule has 0 saturated carbocycles. The smallest absolute Gasteiger partial charge is 0.272 e. The quantitative estimate of drug-likeness (QED) is 0.653. The Morgan fingerprint density at radius 2 is 1.73 bits per heavy atom. The fourth-order valence-electron chi connectivity index (χ4n) is 0.974. The van der Waals surface area contributed by atoms with Crippen LogP contribution in [0.2, 0.25) is 0 Å². The highest BCUT2D eigenvalue weighted by molar-refractivity contribution is 9.11. The van der Waals surface area contributed by atoms with Gasteiger partial charge in [0.25, 0.3) is 6.43 Å². The van der Waals surface area contributed by atoms with Crippen LogP contribution in [-0.2, 0) is 5.33 Å². The van der Waals surface area contributed by atoms with Gasteiger partial charge in [-0.25, -0.2) is 8.78 Å². The van der Waals surface area contributed by atoms with Crippen molar-refractivity contribution < 1.29 is 13.5 Å². The van der Waals surface area contributed by atoms with Crippen molar-refractivity contribution in [1.82, 2.24) is 0 Å². The second-order valence-corrected chi connectivity index (χ2v) is 4.99. The Labute approximate surface area is 112 Å². The predicted molar refractivity (Wildman–Crippen MR) is 66.0 cm³/mol. The van der Waals surface area contributed by atoms with Crippen LogP contribution in [0, 0.1) is 0 Å². The van der Waals surface area contributed by atoms with Gasteiger partial charge in [-0.05, 0) is 49.6 Å². The second kappa shape index (κ2) is 6.15. The lowest BCUT2D eigenvalue weighted by Crippen LogP contribution is -2.07. The van der Waals surface area contributed by atoms with Gasteiger partial charge >= 0.3 is 0 Å². The predicted octanol–water partition coefficient (Wildman–Crippen LogP) is 4.75. The first-order valence-electron chi connectivity index (χ1n) is 3.99. The molecule has 0 heterocycles. The first-order chi connectivity index (χ1) is 7.04. The van der Waals surface area contributed by atoms with Crippen molar-refractivity contribution in [1.29, 1.82) is 0 Å². The molecule has 0 unspecified atom stereocenters. The zero-order chi connectivity index (χ0) is 11.4. The molecule has 1 rings (SSSR count).